The topological polar surface area (TPSA) is 111 Å². The van der Waals surface area contributed by atoms with Gasteiger partial charge in [-0.2, -0.15) is 0 Å². The van der Waals surface area contributed by atoms with Crippen LogP contribution in [-0.2, 0) is 6.42 Å². The van der Waals surface area contributed by atoms with Crippen molar-refractivity contribution in [3.05, 3.63) is 75.6 Å². The molecule has 4 aromatic rings. The quantitative estimate of drug-likeness (QED) is 0.156. The zero-order chi connectivity index (χ0) is 24.1. The highest BCUT2D eigenvalue weighted by molar-refractivity contribution is 7.17. The number of aromatic amines is 1. The number of carboxylic acid groups (broad SMARTS) is 1. The van der Waals surface area contributed by atoms with Crippen LogP contribution in [0, 0.1) is 0 Å². The second kappa shape index (κ2) is 10.7. The van der Waals surface area contributed by atoms with Gasteiger partial charge in [-0.05, 0) is 30.4 Å². The van der Waals surface area contributed by atoms with Crippen molar-refractivity contribution in [1.82, 2.24) is 4.98 Å². The lowest BCUT2D eigenvalue weighted by Crippen LogP contribution is -1.98. The van der Waals surface area contributed by atoms with Crippen molar-refractivity contribution in [3.8, 4) is 16.9 Å². The third-order valence-corrected chi connectivity index (χ3v) is 7.16. The number of H-pyrrole nitrogens is 1. The number of para-hydroxylation sites is 1. The molecule has 34 heavy (non-hydrogen) atoms. The van der Waals surface area contributed by atoms with Crippen molar-refractivity contribution in [2.45, 2.75) is 38.5 Å². The summed E-state index contributed by atoms with van der Waals surface area (Å²) >= 11 is 0.801. The van der Waals surface area contributed by atoms with Crippen LogP contribution in [0.3, 0.4) is 0 Å². The van der Waals surface area contributed by atoms with Crippen LogP contribution in [0.2, 0.25) is 0 Å². The van der Waals surface area contributed by atoms with Gasteiger partial charge < -0.3 is 20.3 Å². The number of aromatic nitrogens is 1. The predicted octanol–water partition coefficient (Wildman–Crippen LogP) is 6.02. The molecule has 0 aliphatic carbocycles. The number of unbranched alkanes of at least 4 members (excludes halogenated alkanes) is 4. The number of aliphatic hydroxyl groups excluding tert-OH is 1. The lowest BCUT2D eigenvalue weighted by Gasteiger charge is -2.05. The molecule has 2 aromatic heterocycles. The number of aryl methyl sites for hydroxylation is 1. The molecule has 6 nitrogen and oxygen atoms in total. The number of fused-ring (bicyclic) bond motifs is 1. The van der Waals surface area contributed by atoms with E-state index in [1.165, 1.54) is 0 Å². The third kappa shape index (κ3) is 4.76. The van der Waals surface area contributed by atoms with Gasteiger partial charge in [0.2, 0.25) is 5.78 Å². The fraction of sp³-hybridized carbons (Fsp3) is 0.259. The minimum Gasteiger partial charge on any atom is -0.506 e. The molecule has 176 valence electrons. The maximum absolute atomic E-state index is 13.5. The Hall–Kier alpha value is -3.42. The standard InChI is InChI=1S/C27H27NO5S/c29-15-8-3-1-2-5-12-18-13-9-14-19-20(16-28-22(18)19)23(30)26-24(31)21(25(34-26)27(32)33)17-10-6-4-7-11-17/h4,6-7,9-11,13-14,16,28-29,31H,1-3,5,8,12,15H2,(H,32,33). The first-order valence-electron chi connectivity index (χ1n) is 11.4. The number of carbonyl (C=O) groups is 2. The number of aromatic hydroxyl groups is 1. The molecule has 7 heteroatoms. The Bertz CT molecular complexity index is 1310. The molecule has 4 rings (SSSR count). The molecule has 0 unspecified atom stereocenters. The van der Waals surface area contributed by atoms with Crippen molar-refractivity contribution < 1.29 is 24.9 Å². The van der Waals surface area contributed by atoms with Crippen molar-refractivity contribution >= 4 is 34.0 Å². The summed E-state index contributed by atoms with van der Waals surface area (Å²) in [6.07, 6.45) is 7.54. The highest BCUT2D eigenvalue weighted by Crippen LogP contribution is 2.43. The number of rotatable bonds is 11. The summed E-state index contributed by atoms with van der Waals surface area (Å²) in [5.41, 5.74) is 3.13. The molecule has 0 saturated carbocycles. The average molecular weight is 478 g/mol. The zero-order valence-corrected chi connectivity index (χ0v) is 19.5. The highest BCUT2D eigenvalue weighted by Gasteiger charge is 2.28. The minimum atomic E-state index is -1.18. The summed E-state index contributed by atoms with van der Waals surface area (Å²) in [6, 6.07) is 14.6. The Kier molecular flexibility index (Phi) is 7.45. The number of ketones is 1. The van der Waals surface area contributed by atoms with Gasteiger partial charge in [-0.1, -0.05) is 67.8 Å². The van der Waals surface area contributed by atoms with E-state index in [0.29, 0.717) is 11.1 Å². The Morgan fingerprint density at radius 3 is 2.35 bits per heavy atom. The molecule has 2 heterocycles. The van der Waals surface area contributed by atoms with Gasteiger partial charge in [0.1, 0.15) is 15.5 Å². The number of aliphatic hydroxyl groups is 1. The van der Waals surface area contributed by atoms with Crippen molar-refractivity contribution in [2.75, 3.05) is 6.61 Å². The second-order valence-electron chi connectivity index (χ2n) is 8.27. The summed E-state index contributed by atoms with van der Waals surface area (Å²) in [5.74, 6) is -1.88. The van der Waals surface area contributed by atoms with Crippen LogP contribution in [0.4, 0.5) is 0 Å². The summed E-state index contributed by atoms with van der Waals surface area (Å²) in [5, 5.41) is 30.3. The zero-order valence-electron chi connectivity index (χ0n) is 18.7. The molecule has 0 saturated heterocycles. The number of carbonyl (C=O) groups excluding carboxylic acids is 1. The number of benzene rings is 2. The first kappa shape index (κ1) is 23.7. The van der Waals surface area contributed by atoms with E-state index >= 15 is 0 Å². The smallest absolute Gasteiger partial charge is 0.346 e. The van der Waals surface area contributed by atoms with Gasteiger partial charge in [-0.25, -0.2) is 4.79 Å². The summed E-state index contributed by atoms with van der Waals surface area (Å²) in [7, 11) is 0. The van der Waals surface area contributed by atoms with Crippen LogP contribution >= 0.6 is 11.3 Å². The average Bonchev–Trinajstić information content (AvgIpc) is 3.43. The van der Waals surface area contributed by atoms with E-state index in [4.69, 9.17) is 5.11 Å². The van der Waals surface area contributed by atoms with E-state index in [1.54, 1.807) is 36.5 Å². The molecule has 0 bridgehead atoms. The van der Waals surface area contributed by atoms with Gasteiger partial charge in [-0.15, -0.1) is 11.3 Å². The Morgan fingerprint density at radius 2 is 1.62 bits per heavy atom. The van der Waals surface area contributed by atoms with Crippen LogP contribution in [-0.4, -0.2) is 38.7 Å². The number of nitrogens with one attached hydrogen (secondary N) is 1. The molecular weight excluding hydrogens is 450 g/mol. The number of thiophene rings is 1. The lowest BCUT2D eigenvalue weighted by atomic mass is 10.00. The van der Waals surface area contributed by atoms with Gasteiger partial charge in [0.05, 0.1) is 0 Å². The predicted molar refractivity (Wildman–Crippen MR) is 134 cm³/mol. The van der Waals surface area contributed by atoms with Crippen LogP contribution < -0.4 is 0 Å². The largest absolute Gasteiger partial charge is 0.506 e. The van der Waals surface area contributed by atoms with Crippen LogP contribution in [0.1, 0.15) is 62.6 Å². The maximum atomic E-state index is 13.5. The molecule has 0 radical (unpaired) electrons. The molecule has 0 amide bonds. The fourth-order valence-corrected chi connectivity index (χ4v) is 5.30. The summed E-state index contributed by atoms with van der Waals surface area (Å²) in [4.78, 5) is 28.5. The highest BCUT2D eigenvalue weighted by atomic mass is 32.1. The number of hydrogen-bond acceptors (Lipinski definition) is 5. The summed E-state index contributed by atoms with van der Waals surface area (Å²) in [6.45, 7) is 0.235. The van der Waals surface area contributed by atoms with Crippen LogP contribution in [0.5, 0.6) is 5.75 Å². The van der Waals surface area contributed by atoms with Crippen molar-refractivity contribution in [2.24, 2.45) is 0 Å². The van der Waals surface area contributed by atoms with Gasteiger partial charge in [-0.3, -0.25) is 4.79 Å². The molecule has 0 fully saturated rings. The SMILES string of the molecule is O=C(O)c1sc(C(=O)c2c[nH]c3c(CCCCCCCO)cccc23)c(O)c1-c1ccccc1. The number of carboxylic acids is 1. The van der Waals surface area contributed by atoms with Gasteiger partial charge in [0, 0.05) is 34.8 Å². The molecule has 0 aliphatic rings. The maximum Gasteiger partial charge on any atom is 0.346 e. The monoisotopic (exact) mass is 477 g/mol. The van der Waals surface area contributed by atoms with E-state index in [9.17, 15) is 19.8 Å². The van der Waals surface area contributed by atoms with Gasteiger partial charge in [0.15, 0.2) is 0 Å². The first-order chi connectivity index (χ1) is 16.5. The molecule has 0 aliphatic heterocycles. The van der Waals surface area contributed by atoms with E-state index in [1.807, 2.05) is 18.2 Å². The van der Waals surface area contributed by atoms with Crippen LogP contribution in [0.25, 0.3) is 22.0 Å². The minimum absolute atomic E-state index is 0.0199. The van der Waals surface area contributed by atoms with E-state index in [0.717, 1.165) is 66.3 Å². The Labute approximate surface area is 201 Å². The fourth-order valence-electron chi connectivity index (χ4n) is 4.29. The Morgan fingerprint density at radius 1 is 0.882 bits per heavy atom. The Balaban J connectivity index is 1.63. The molecule has 2 aromatic carbocycles. The number of hydrogen-bond donors (Lipinski definition) is 4. The normalized spacial score (nSPS) is 11.2. The van der Waals surface area contributed by atoms with Gasteiger partial charge in [0.25, 0.3) is 0 Å². The van der Waals surface area contributed by atoms with Gasteiger partial charge >= 0.3 is 5.97 Å². The third-order valence-electron chi connectivity index (χ3n) is 6.00. The van der Waals surface area contributed by atoms with E-state index in [-0.39, 0.29) is 27.7 Å². The molecular formula is C27H27NO5S. The molecule has 4 N–H and O–H groups in total. The first-order valence-corrected chi connectivity index (χ1v) is 12.2. The van der Waals surface area contributed by atoms with Crippen molar-refractivity contribution in [1.29, 1.82) is 0 Å². The molecule has 0 spiro atoms. The van der Waals surface area contributed by atoms with E-state index in [2.05, 4.69) is 4.98 Å². The summed E-state index contributed by atoms with van der Waals surface area (Å²) < 4.78 is 0. The van der Waals surface area contributed by atoms with Crippen molar-refractivity contribution in [3.63, 3.8) is 0 Å². The van der Waals surface area contributed by atoms with E-state index < -0.39 is 11.8 Å². The molecule has 0 atom stereocenters. The number of aromatic carboxylic acids is 1. The lowest BCUT2D eigenvalue weighted by molar-refractivity contribution is 0.0702. The second-order valence-corrected chi connectivity index (χ2v) is 9.29. The van der Waals surface area contributed by atoms with Crippen LogP contribution in [0.15, 0.2) is 54.7 Å².